The highest BCUT2D eigenvalue weighted by Gasteiger charge is 2.31. The highest BCUT2D eigenvalue weighted by Crippen LogP contribution is 2.32. The maximum Gasteiger partial charge on any atom is 0.416 e. The van der Waals surface area contributed by atoms with Gasteiger partial charge in [-0.25, -0.2) is 0 Å². The first-order valence-electron chi connectivity index (χ1n) is 11.4. The number of nitrogens with one attached hydrogen (secondary N) is 1. The van der Waals surface area contributed by atoms with Crippen LogP contribution in [0.2, 0.25) is 0 Å². The average Bonchev–Trinajstić information content (AvgIpc) is 2.85. The third kappa shape index (κ3) is 8.02. The van der Waals surface area contributed by atoms with Crippen LogP contribution in [-0.4, -0.2) is 49.2 Å². The molecule has 1 saturated heterocycles. The molecule has 1 aromatic heterocycles. The van der Waals surface area contributed by atoms with E-state index < -0.39 is 11.7 Å². The van der Waals surface area contributed by atoms with Crippen LogP contribution in [0.4, 0.5) is 24.5 Å². The van der Waals surface area contributed by atoms with Gasteiger partial charge in [0.15, 0.2) is 0 Å². The second kappa shape index (κ2) is 13.6. The summed E-state index contributed by atoms with van der Waals surface area (Å²) in [6, 6.07) is 18.0. The van der Waals surface area contributed by atoms with Crippen LogP contribution in [0.25, 0.3) is 11.1 Å². The highest BCUT2D eigenvalue weighted by molar-refractivity contribution is 5.85. The number of para-hydroxylation sites is 1. The Hall–Kier alpha value is -2.48. The van der Waals surface area contributed by atoms with Gasteiger partial charge in [0.25, 0.3) is 0 Å². The van der Waals surface area contributed by atoms with Crippen molar-refractivity contribution in [3.8, 4) is 11.1 Å². The smallest absolute Gasteiger partial charge is 0.385 e. The van der Waals surface area contributed by atoms with Gasteiger partial charge in [-0.2, -0.15) is 13.2 Å². The average molecular weight is 527 g/mol. The summed E-state index contributed by atoms with van der Waals surface area (Å²) in [5.74, 6) is 0. The van der Waals surface area contributed by atoms with Gasteiger partial charge in [0.05, 0.1) is 5.56 Å². The number of piperazine rings is 1. The van der Waals surface area contributed by atoms with Gasteiger partial charge in [-0.05, 0) is 61.3 Å². The number of anilines is 2. The van der Waals surface area contributed by atoms with Crippen LogP contribution in [0.15, 0.2) is 73.1 Å². The third-order valence-electron chi connectivity index (χ3n) is 6.05. The molecule has 2 heterocycles. The maximum absolute atomic E-state index is 13.0. The molecule has 4 nitrogen and oxygen atoms in total. The molecule has 0 radical (unpaired) electrons. The van der Waals surface area contributed by atoms with Crippen LogP contribution in [0, 0.1) is 0 Å². The van der Waals surface area contributed by atoms with Gasteiger partial charge in [0.2, 0.25) is 0 Å². The minimum atomic E-state index is -4.30. The van der Waals surface area contributed by atoms with E-state index in [0.29, 0.717) is 5.69 Å². The lowest BCUT2D eigenvalue weighted by atomic mass is 10.0. The Morgan fingerprint density at radius 1 is 0.829 bits per heavy atom. The topological polar surface area (TPSA) is 31.4 Å². The zero-order valence-corrected chi connectivity index (χ0v) is 21.0. The molecule has 1 N–H and O–H groups in total. The number of nitrogens with zero attached hydrogens (tertiary/aromatic N) is 3. The predicted molar refractivity (Wildman–Crippen MR) is 142 cm³/mol. The van der Waals surface area contributed by atoms with Gasteiger partial charge in [0, 0.05) is 62.1 Å². The molecule has 1 aliphatic heterocycles. The van der Waals surface area contributed by atoms with E-state index in [9.17, 15) is 13.2 Å². The Labute approximate surface area is 217 Å². The van der Waals surface area contributed by atoms with E-state index in [4.69, 9.17) is 0 Å². The first kappa shape index (κ1) is 28.8. The normalized spacial score (nSPS) is 14.1. The number of halogens is 5. The molecular weight excluding hydrogens is 496 g/mol. The van der Waals surface area contributed by atoms with E-state index in [1.165, 1.54) is 17.7 Å². The molecule has 0 bridgehead atoms. The van der Waals surface area contributed by atoms with Gasteiger partial charge in [-0.15, -0.1) is 24.8 Å². The van der Waals surface area contributed by atoms with Crippen molar-refractivity contribution in [2.24, 2.45) is 0 Å². The maximum atomic E-state index is 13.0. The summed E-state index contributed by atoms with van der Waals surface area (Å²) < 4.78 is 38.9. The Morgan fingerprint density at radius 2 is 1.54 bits per heavy atom. The van der Waals surface area contributed by atoms with E-state index in [0.717, 1.165) is 69.4 Å². The molecular formula is C26H31Cl2F3N4. The molecule has 0 aliphatic carbocycles. The first-order chi connectivity index (χ1) is 16.0. The van der Waals surface area contributed by atoms with Crippen LogP contribution in [0.3, 0.4) is 0 Å². The number of rotatable bonds is 8. The van der Waals surface area contributed by atoms with E-state index in [2.05, 4.69) is 27.3 Å². The molecule has 190 valence electrons. The molecule has 0 spiro atoms. The fourth-order valence-corrected chi connectivity index (χ4v) is 4.21. The van der Waals surface area contributed by atoms with E-state index in [1.807, 2.05) is 29.2 Å². The minimum absolute atomic E-state index is 0. The fraction of sp³-hybridized carbons (Fsp3) is 0.346. The number of unbranched alkanes of at least 4 members (excludes halogenated alkanes) is 1. The zero-order valence-electron chi connectivity index (χ0n) is 19.4. The van der Waals surface area contributed by atoms with Crippen molar-refractivity contribution in [1.82, 2.24) is 9.88 Å². The summed E-state index contributed by atoms with van der Waals surface area (Å²) in [5.41, 5.74) is 3.51. The van der Waals surface area contributed by atoms with E-state index in [1.54, 1.807) is 18.5 Å². The largest absolute Gasteiger partial charge is 0.416 e. The van der Waals surface area contributed by atoms with Crippen molar-refractivity contribution in [3.05, 3.63) is 78.6 Å². The number of benzene rings is 2. The lowest BCUT2D eigenvalue weighted by Crippen LogP contribution is -2.46. The van der Waals surface area contributed by atoms with Crippen LogP contribution >= 0.6 is 24.8 Å². The molecule has 9 heteroatoms. The van der Waals surface area contributed by atoms with Gasteiger partial charge in [0.1, 0.15) is 0 Å². The van der Waals surface area contributed by atoms with Gasteiger partial charge < -0.3 is 10.2 Å². The standard InChI is InChI=1S/C26H29F3N4.2ClH/c27-26(28,29)22-6-5-7-23(20-22)33-18-16-32(17-19-33)15-4-3-12-31-25-9-2-1-8-24(25)21-10-13-30-14-11-21;;/h1-2,5-11,13-14,20,31H,3-4,12,15-19H2;2*1H. The number of pyridine rings is 1. The highest BCUT2D eigenvalue weighted by atomic mass is 35.5. The van der Waals surface area contributed by atoms with Gasteiger partial charge in [-0.3, -0.25) is 9.88 Å². The number of hydrogen-bond donors (Lipinski definition) is 1. The van der Waals surface area contributed by atoms with Crippen molar-refractivity contribution in [3.63, 3.8) is 0 Å². The van der Waals surface area contributed by atoms with Crippen molar-refractivity contribution in [2.45, 2.75) is 19.0 Å². The second-order valence-electron chi connectivity index (χ2n) is 8.29. The Kier molecular flexibility index (Phi) is 11.1. The second-order valence-corrected chi connectivity index (χ2v) is 8.29. The van der Waals surface area contributed by atoms with Crippen LogP contribution in [0.5, 0.6) is 0 Å². The SMILES string of the molecule is Cl.Cl.FC(F)(F)c1cccc(N2CCN(CCCCNc3ccccc3-c3ccncc3)CC2)c1. The quantitative estimate of drug-likeness (QED) is 0.334. The minimum Gasteiger partial charge on any atom is -0.385 e. The molecule has 4 rings (SSSR count). The summed E-state index contributed by atoms with van der Waals surface area (Å²) >= 11 is 0. The molecule has 0 unspecified atom stereocenters. The Bertz CT molecular complexity index is 1030. The van der Waals surface area contributed by atoms with E-state index in [-0.39, 0.29) is 24.8 Å². The first-order valence-corrected chi connectivity index (χ1v) is 11.4. The fourth-order valence-electron chi connectivity index (χ4n) is 4.21. The summed E-state index contributed by atoms with van der Waals surface area (Å²) in [7, 11) is 0. The summed E-state index contributed by atoms with van der Waals surface area (Å²) in [5, 5.41) is 3.56. The molecule has 1 fully saturated rings. The van der Waals surface area contributed by atoms with Gasteiger partial charge >= 0.3 is 6.18 Å². The molecule has 1 aliphatic rings. The number of alkyl halides is 3. The molecule has 3 aromatic rings. The van der Waals surface area contributed by atoms with Crippen molar-refractivity contribution < 1.29 is 13.2 Å². The lowest BCUT2D eigenvalue weighted by Gasteiger charge is -2.36. The number of aromatic nitrogens is 1. The molecule has 0 saturated carbocycles. The van der Waals surface area contributed by atoms with Crippen molar-refractivity contribution in [2.75, 3.05) is 49.5 Å². The third-order valence-corrected chi connectivity index (χ3v) is 6.05. The van der Waals surface area contributed by atoms with Crippen molar-refractivity contribution >= 4 is 36.2 Å². The Balaban J connectivity index is 0.00000216. The summed E-state index contributed by atoms with van der Waals surface area (Å²) in [6.45, 7) is 5.14. The van der Waals surface area contributed by atoms with Crippen molar-refractivity contribution in [1.29, 1.82) is 0 Å². The molecule has 0 atom stereocenters. The lowest BCUT2D eigenvalue weighted by molar-refractivity contribution is -0.137. The molecule has 35 heavy (non-hydrogen) atoms. The predicted octanol–water partition coefficient (Wildman–Crippen LogP) is 6.63. The van der Waals surface area contributed by atoms with Crippen LogP contribution in [-0.2, 0) is 6.18 Å². The summed E-state index contributed by atoms with van der Waals surface area (Å²) in [4.78, 5) is 8.54. The van der Waals surface area contributed by atoms with E-state index >= 15 is 0 Å². The zero-order chi connectivity index (χ0) is 23.1. The monoisotopic (exact) mass is 526 g/mol. The number of hydrogen-bond acceptors (Lipinski definition) is 4. The Morgan fingerprint density at radius 3 is 2.26 bits per heavy atom. The van der Waals surface area contributed by atoms with Gasteiger partial charge in [-0.1, -0.05) is 24.3 Å². The van der Waals surface area contributed by atoms with Crippen LogP contribution < -0.4 is 10.2 Å². The molecule has 0 amide bonds. The van der Waals surface area contributed by atoms with Crippen LogP contribution in [0.1, 0.15) is 18.4 Å². The summed E-state index contributed by atoms with van der Waals surface area (Å²) in [6.07, 6.45) is 1.44. The molecule has 2 aromatic carbocycles.